The molecule has 1 heterocycles. The minimum Gasteiger partial charge on any atom is -0.319 e. The summed E-state index contributed by atoms with van der Waals surface area (Å²) in [4.78, 5) is 2.80. The number of benzene rings is 1. The Bertz CT molecular complexity index is 567. The SMILES string of the molecule is CNCC1CCN(Cc2ccc(S(=O)(=O)N(C)C)cc2)CC1.Cl. The number of nitrogens with zero attached hydrogens (tertiary/aromatic N) is 2. The zero-order valence-corrected chi connectivity index (χ0v) is 15.8. The van der Waals surface area contributed by atoms with E-state index in [-0.39, 0.29) is 12.4 Å². The summed E-state index contributed by atoms with van der Waals surface area (Å²) in [6, 6.07) is 7.27. The van der Waals surface area contributed by atoms with Crippen LogP contribution in [0.25, 0.3) is 0 Å². The maximum Gasteiger partial charge on any atom is 0.242 e. The van der Waals surface area contributed by atoms with E-state index in [1.807, 2.05) is 19.2 Å². The molecule has 0 atom stereocenters. The molecule has 1 aliphatic rings. The van der Waals surface area contributed by atoms with E-state index in [4.69, 9.17) is 0 Å². The van der Waals surface area contributed by atoms with Crippen molar-refractivity contribution in [1.29, 1.82) is 0 Å². The van der Waals surface area contributed by atoms with Crippen LogP contribution in [0.5, 0.6) is 0 Å². The molecular formula is C16H28ClN3O2S. The third-order valence-corrected chi connectivity index (χ3v) is 6.14. The zero-order chi connectivity index (χ0) is 16.2. The second-order valence-corrected chi connectivity index (χ2v) is 8.36. The first-order valence-corrected chi connectivity index (χ1v) is 9.26. The molecule has 0 unspecified atom stereocenters. The number of piperidine rings is 1. The average molecular weight is 362 g/mol. The number of rotatable bonds is 6. The molecule has 5 nitrogen and oxygen atoms in total. The van der Waals surface area contributed by atoms with Gasteiger partial charge in [-0.1, -0.05) is 12.1 Å². The fourth-order valence-electron chi connectivity index (χ4n) is 2.87. The molecule has 0 amide bonds. The normalized spacial score (nSPS) is 17.2. The lowest BCUT2D eigenvalue weighted by atomic mass is 9.96. The van der Waals surface area contributed by atoms with Crippen LogP contribution < -0.4 is 5.32 Å². The summed E-state index contributed by atoms with van der Waals surface area (Å²) in [5.74, 6) is 0.786. The largest absolute Gasteiger partial charge is 0.319 e. The van der Waals surface area contributed by atoms with Crippen molar-refractivity contribution in [1.82, 2.24) is 14.5 Å². The van der Waals surface area contributed by atoms with Gasteiger partial charge in [0, 0.05) is 20.6 Å². The molecule has 1 N–H and O–H groups in total. The molecule has 1 aliphatic heterocycles. The van der Waals surface area contributed by atoms with Crippen LogP contribution in [0, 0.1) is 5.92 Å². The second kappa shape index (κ2) is 8.99. The molecule has 0 aliphatic carbocycles. The van der Waals surface area contributed by atoms with Crippen LogP contribution in [-0.4, -0.2) is 58.4 Å². The Morgan fingerprint density at radius 2 is 1.74 bits per heavy atom. The predicted octanol–water partition coefficient (Wildman–Crippen LogP) is 1.79. The summed E-state index contributed by atoms with van der Waals surface area (Å²) in [5.41, 5.74) is 1.17. The molecule has 0 aromatic heterocycles. The quantitative estimate of drug-likeness (QED) is 0.839. The molecule has 0 radical (unpaired) electrons. The van der Waals surface area contributed by atoms with E-state index in [0.29, 0.717) is 4.90 Å². The molecule has 0 spiro atoms. The van der Waals surface area contributed by atoms with Gasteiger partial charge in [0.1, 0.15) is 0 Å². The van der Waals surface area contributed by atoms with E-state index in [9.17, 15) is 8.42 Å². The highest BCUT2D eigenvalue weighted by molar-refractivity contribution is 7.89. The highest BCUT2D eigenvalue weighted by atomic mass is 35.5. The first kappa shape index (κ1) is 20.4. The number of sulfonamides is 1. The Labute approximate surface area is 146 Å². The standard InChI is InChI=1S/C16H27N3O2S.ClH/c1-17-12-14-8-10-19(11-9-14)13-15-4-6-16(7-5-15)22(20,21)18(2)3;/h4-7,14,17H,8-13H2,1-3H3;1H. The van der Waals surface area contributed by atoms with Crippen molar-refractivity contribution in [2.45, 2.75) is 24.3 Å². The van der Waals surface area contributed by atoms with E-state index in [1.54, 1.807) is 26.2 Å². The van der Waals surface area contributed by atoms with Crippen LogP contribution in [0.3, 0.4) is 0 Å². The Hall–Kier alpha value is -0.660. The first-order valence-electron chi connectivity index (χ1n) is 7.82. The molecule has 0 bridgehead atoms. The van der Waals surface area contributed by atoms with Gasteiger partial charge in [-0.2, -0.15) is 0 Å². The number of hydrogen-bond donors (Lipinski definition) is 1. The maximum atomic E-state index is 12.0. The molecular weight excluding hydrogens is 334 g/mol. The smallest absolute Gasteiger partial charge is 0.242 e. The van der Waals surface area contributed by atoms with Gasteiger partial charge in [0.05, 0.1) is 4.90 Å². The lowest BCUT2D eigenvalue weighted by Crippen LogP contribution is -2.36. The van der Waals surface area contributed by atoms with Crippen LogP contribution in [0.15, 0.2) is 29.2 Å². The van der Waals surface area contributed by atoms with E-state index in [0.717, 1.165) is 32.1 Å². The summed E-state index contributed by atoms with van der Waals surface area (Å²) in [5, 5.41) is 3.25. The van der Waals surface area contributed by atoms with Crippen molar-refractivity contribution < 1.29 is 8.42 Å². The van der Waals surface area contributed by atoms with Crippen molar-refractivity contribution >= 4 is 22.4 Å². The number of hydrogen-bond acceptors (Lipinski definition) is 4. The monoisotopic (exact) mass is 361 g/mol. The average Bonchev–Trinajstić information content (AvgIpc) is 2.50. The van der Waals surface area contributed by atoms with Gasteiger partial charge in [0.2, 0.25) is 10.0 Å². The van der Waals surface area contributed by atoms with Crippen LogP contribution in [-0.2, 0) is 16.6 Å². The Kier molecular flexibility index (Phi) is 7.97. The van der Waals surface area contributed by atoms with E-state index < -0.39 is 10.0 Å². The van der Waals surface area contributed by atoms with Gasteiger partial charge in [0.15, 0.2) is 0 Å². The Balaban J connectivity index is 0.00000264. The third-order valence-electron chi connectivity index (χ3n) is 4.31. The van der Waals surface area contributed by atoms with Gasteiger partial charge in [-0.15, -0.1) is 12.4 Å². The molecule has 0 saturated carbocycles. The van der Waals surface area contributed by atoms with E-state index in [2.05, 4.69) is 10.2 Å². The molecule has 2 rings (SSSR count). The minimum absolute atomic E-state index is 0. The molecule has 1 aromatic rings. The van der Waals surface area contributed by atoms with Crippen LogP contribution in [0.1, 0.15) is 18.4 Å². The highest BCUT2D eigenvalue weighted by Crippen LogP contribution is 2.19. The van der Waals surface area contributed by atoms with Gasteiger partial charge < -0.3 is 5.32 Å². The zero-order valence-electron chi connectivity index (χ0n) is 14.2. The van der Waals surface area contributed by atoms with Gasteiger partial charge in [-0.3, -0.25) is 4.90 Å². The molecule has 1 aromatic carbocycles. The fraction of sp³-hybridized carbons (Fsp3) is 0.625. The van der Waals surface area contributed by atoms with Gasteiger partial charge in [0.25, 0.3) is 0 Å². The maximum absolute atomic E-state index is 12.0. The number of halogens is 1. The Morgan fingerprint density at radius 1 is 1.17 bits per heavy atom. The van der Waals surface area contributed by atoms with E-state index in [1.165, 1.54) is 22.7 Å². The lowest BCUT2D eigenvalue weighted by Gasteiger charge is -2.31. The van der Waals surface area contributed by atoms with Crippen molar-refractivity contribution in [3.8, 4) is 0 Å². The van der Waals surface area contributed by atoms with Crippen molar-refractivity contribution in [2.24, 2.45) is 5.92 Å². The molecule has 1 saturated heterocycles. The molecule has 132 valence electrons. The summed E-state index contributed by atoms with van der Waals surface area (Å²) >= 11 is 0. The van der Waals surface area contributed by atoms with Crippen LogP contribution in [0.4, 0.5) is 0 Å². The van der Waals surface area contributed by atoms with Gasteiger partial charge in [-0.05, 0) is 63.1 Å². The summed E-state index contributed by atoms with van der Waals surface area (Å²) < 4.78 is 25.3. The first-order chi connectivity index (χ1) is 10.4. The van der Waals surface area contributed by atoms with Crippen molar-refractivity contribution in [2.75, 3.05) is 40.8 Å². The third kappa shape index (κ3) is 5.43. The molecule has 1 fully saturated rings. The lowest BCUT2D eigenvalue weighted by molar-refractivity contribution is 0.177. The van der Waals surface area contributed by atoms with Gasteiger partial charge >= 0.3 is 0 Å². The number of nitrogens with one attached hydrogen (secondary N) is 1. The number of likely N-dealkylation sites (tertiary alicyclic amines) is 1. The van der Waals surface area contributed by atoms with E-state index >= 15 is 0 Å². The second-order valence-electron chi connectivity index (χ2n) is 6.21. The minimum atomic E-state index is -3.33. The summed E-state index contributed by atoms with van der Waals surface area (Å²) in [6.45, 7) is 4.23. The summed E-state index contributed by atoms with van der Waals surface area (Å²) in [7, 11) is 1.79. The molecule has 23 heavy (non-hydrogen) atoms. The fourth-order valence-corrected chi connectivity index (χ4v) is 3.77. The topological polar surface area (TPSA) is 52.7 Å². The van der Waals surface area contributed by atoms with Crippen molar-refractivity contribution in [3.63, 3.8) is 0 Å². The summed E-state index contributed by atoms with van der Waals surface area (Å²) in [6.07, 6.45) is 2.46. The molecule has 7 heteroatoms. The van der Waals surface area contributed by atoms with Crippen LogP contribution in [0.2, 0.25) is 0 Å². The predicted molar refractivity (Wildman–Crippen MR) is 96.5 cm³/mol. The van der Waals surface area contributed by atoms with Gasteiger partial charge in [-0.25, -0.2) is 12.7 Å². The Morgan fingerprint density at radius 3 is 2.22 bits per heavy atom. The highest BCUT2D eigenvalue weighted by Gasteiger charge is 2.19. The van der Waals surface area contributed by atoms with Crippen LogP contribution >= 0.6 is 12.4 Å². The van der Waals surface area contributed by atoms with Crippen molar-refractivity contribution in [3.05, 3.63) is 29.8 Å².